The van der Waals surface area contributed by atoms with Gasteiger partial charge in [0, 0.05) is 16.4 Å². The van der Waals surface area contributed by atoms with Crippen LogP contribution in [0.2, 0.25) is 0 Å². The lowest BCUT2D eigenvalue weighted by atomic mass is 9.72. The predicted octanol–water partition coefficient (Wildman–Crippen LogP) is 5.93. The summed E-state index contributed by atoms with van der Waals surface area (Å²) in [7, 11) is 1.69. The molecule has 0 saturated heterocycles. The summed E-state index contributed by atoms with van der Waals surface area (Å²) in [5.74, 6) is 0.761. The van der Waals surface area contributed by atoms with Crippen LogP contribution in [-0.4, -0.2) is 7.11 Å². The van der Waals surface area contributed by atoms with E-state index in [9.17, 15) is 0 Å². The molecule has 3 rings (SSSR count). The lowest BCUT2D eigenvalue weighted by Crippen LogP contribution is -2.24. The minimum Gasteiger partial charge on any atom is -0.494 e. The first-order valence-electron chi connectivity index (χ1n) is 9.38. The van der Waals surface area contributed by atoms with Crippen LogP contribution in [0, 0.1) is 0 Å². The third-order valence-corrected chi connectivity index (χ3v) is 5.71. The SMILES string of the molecule is COc1c(N)cc(C(C)(C)c2ccccc2)cc1C(C)(C)c1ccccc1. The average Bonchev–Trinajstić information content (AvgIpc) is 2.68. The van der Waals surface area contributed by atoms with Crippen molar-refractivity contribution in [1.29, 1.82) is 0 Å². The number of hydrogen-bond donors (Lipinski definition) is 1. The van der Waals surface area contributed by atoms with Crippen molar-refractivity contribution in [3.63, 3.8) is 0 Å². The molecule has 3 aromatic rings. The van der Waals surface area contributed by atoms with Crippen molar-refractivity contribution in [2.45, 2.75) is 38.5 Å². The molecule has 0 aliphatic heterocycles. The number of benzene rings is 3. The predicted molar refractivity (Wildman–Crippen MR) is 115 cm³/mol. The molecule has 0 aliphatic carbocycles. The molecule has 140 valence electrons. The molecule has 0 amide bonds. The number of anilines is 1. The molecule has 0 bridgehead atoms. The van der Waals surface area contributed by atoms with E-state index in [0.717, 1.165) is 11.3 Å². The lowest BCUT2D eigenvalue weighted by Gasteiger charge is -2.32. The average molecular weight is 360 g/mol. The van der Waals surface area contributed by atoms with Gasteiger partial charge in [-0.15, -0.1) is 0 Å². The fourth-order valence-electron chi connectivity index (χ4n) is 3.74. The van der Waals surface area contributed by atoms with Gasteiger partial charge in [-0.3, -0.25) is 0 Å². The van der Waals surface area contributed by atoms with E-state index in [1.54, 1.807) is 7.11 Å². The molecule has 0 heterocycles. The number of hydrogen-bond acceptors (Lipinski definition) is 2. The van der Waals surface area contributed by atoms with Crippen LogP contribution in [0.3, 0.4) is 0 Å². The molecular weight excluding hydrogens is 330 g/mol. The molecule has 2 heteroatoms. The van der Waals surface area contributed by atoms with E-state index in [0.29, 0.717) is 5.69 Å². The monoisotopic (exact) mass is 359 g/mol. The van der Waals surface area contributed by atoms with E-state index in [-0.39, 0.29) is 10.8 Å². The summed E-state index contributed by atoms with van der Waals surface area (Å²) in [6.45, 7) is 8.92. The van der Waals surface area contributed by atoms with Gasteiger partial charge in [-0.2, -0.15) is 0 Å². The zero-order chi connectivity index (χ0) is 19.7. The topological polar surface area (TPSA) is 35.2 Å². The van der Waals surface area contributed by atoms with Gasteiger partial charge in [0.15, 0.2) is 0 Å². The Hall–Kier alpha value is -2.74. The van der Waals surface area contributed by atoms with Gasteiger partial charge in [0.2, 0.25) is 0 Å². The fraction of sp³-hybridized carbons (Fsp3) is 0.280. The standard InChI is InChI=1S/C25H29NO/c1-24(2,18-12-8-6-9-13-18)20-16-21(23(27-5)22(26)17-20)25(3,4)19-14-10-7-11-15-19/h6-17H,26H2,1-5H3. The van der Waals surface area contributed by atoms with Gasteiger partial charge in [-0.25, -0.2) is 0 Å². The van der Waals surface area contributed by atoms with E-state index in [1.165, 1.54) is 16.7 Å². The van der Waals surface area contributed by atoms with Crippen molar-refractivity contribution in [2.75, 3.05) is 12.8 Å². The minimum atomic E-state index is -0.233. The van der Waals surface area contributed by atoms with Gasteiger partial charge in [-0.05, 0) is 22.8 Å². The molecule has 0 atom stereocenters. The summed E-state index contributed by atoms with van der Waals surface area (Å²) in [6.07, 6.45) is 0. The number of rotatable bonds is 5. The molecule has 0 fully saturated rings. The van der Waals surface area contributed by atoms with Gasteiger partial charge in [0.05, 0.1) is 12.8 Å². The quantitative estimate of drug-likeness (QED) is 0.573. The smallest absolute Gasteiger partial charge is 0.145 e. The van der Waals surface area contributed by atoms with Gasteiger partial charge in [-0.1, -0.05) is 94.4 Å². The van der Waals surface area contributed by atoms with E-state index >= 15 is 0 Å². The Morgan fingerprint density at radius 2 is 1.15 bits per heavy atom. The van der Waals surface area contributed by atoms with Gasteiger partial charge in [0.1, 0.15) is 5.75 Å². The first-order chi connectivity index (χ1) is 12.8. The number of nitrogens with two attached hydrogens (primary N) is 1. The maximum atomic E-state index is 6.46. The summed E-state index contributed by atoms with van der Waals surface area (Å²) >= 11 is 0. The first-order valence-corrected chi connectivity index (χ1v) is 9.38. The zero-order valence-corrected chi connectivity index (χ0v) is 16.9. The molecule has 27 heavy (non-hydrogen) atoms. The third kappa shape index (κ3) is 3.44. The summed E-state index contributed by atoms with van der Waals surface area (Å²) in [6, 6.07) is 25.4. The first kappa shape index (κ1) is 19.0. The van der Waals surface area contributed by atoms with Crippen molar-refractivity contribution in [3.05, 3.63) is 95.1 Å². The van der Waals surface area contributed by atoms with Crippen molar-refractivity contribution in [1.82, 2.24) is 0 Å². The molecule has 0 radical (unpaired) electrons. The Labute approximate surface area is 163 Å². The van der Waals surface area contributed by atoms with Crippen molar-refractivity contribution in [2.24, 2.45) is 0 Å². The molecule has 3 aromatic carbocycles. The van der Waals surface area contributed by atoms with Crippen molar-refractivity contribution >= 4 is 5.69 Å². The highest BCUT2D eigenvalue weighted by Crippen LogP contribution is 2.44. The van der Waals surface area contributed by atoms with Crippen LogP contribution in [-0.2, 0) is 10.8 Å². The van der Waals surface area contributed by atoms with E-state index in [1.807, 2.05) is 12.1 Å². The summed E-state index contributed by atoms with van der Waals surface area (Å²) in [4.78, 5) is 0. The van der Waals surface area contributed by atoms with E-state index in [4.69, 9.17) is 10.5 Å². The van der Waals surface area contributed by atoms with Crippen LogP contribution < -0.4 is 10.5 Å². The van der Waals surface area contributed by atoms with E-state index < -0.39 is 0 Å². The minimum absolute atomic E-state index is 0.164. The molecule has 2 N–H and O–H groups in total. The molecule has 2 nitrogen and oxygen atoms in total. The Morgan fingerprint density at radius 3 is 1.63 bits per heavy atom. The lowest BCUT2D eigenvalue weighted by molar-refractivity contribution is 0.402. The molecule has 0 aliphatic rings. The van der Waals surface area contributed by atoms with Crippen LogP contribution in [0.25, 0.3) is 0 Å². The number of ether oxygens (including phenoxy) is 1. The number of methoxy groups -OCH3 is 1. The maximum absolute atomic E-state index is 6.46. The van der Waals surface area contributed by atoms with Crippen LogP contribution in [0.5, 0.6) is 5.75 Å². The Kier molecular flexibility index (Phi) is 5.01. The van der Waals surface area contributed by atoms with Crippen LogP contribution >= 0.6 is 0 Å². The molecule has 0 aromatic heterocycles. The van der Waals surface area contributed by atoms with Gasteiger partial charge >= 0.3 is 0 Å². The number of nitrogen functional groups attached to an aromatic ring is 1. The Balaban J connectivity index is 2.21. The van der Waals surface area contributed by atoms with Crippen molar-refractivity contribution < 1.29 is 4.74 Å². The third-order valence-electron chi connectivity index (χ3n) is 5.71. The normalized spacial score (nSPS) is 12.0. The molecule has 0 saturated carbocycles. The highest BCUT2D eigenvalue weighted by Gasteiger charge is 2.31. The highest BCUT2D eigenvalue weighted by atomic mass is 16.5. The van der Waals surface area contributed by atoms with E-state index in [2.05, 4.69) is 88.4 Å². The largest absolute Gasteiger partial charge is 0.494 e. The van der Waals surface area contributed by atoms with Crippen LogP contribution in [0.4, 0.5) is 5.69 Å². The van der Waals surface area contributed by atoms with Crippen LogP contribution in [0.1, 0.15) is 49.9 Å². The van der Waals surface area contributed by atoms with Gasteiger partial charge in [0.25, 0.3) is 0 Å². The molecular formula is C25H29NO. The highest BCUT2D eigenvalue weighted by molar-refractivity contribution is 5.64. The Bertz CT molecular complexity index is 912. The Morgan fingerprint density at radius 1 is 0.667 bits per heavy atom. The zero-order valence-electron chi connectivity index (χ0n) is 16.9. The summed E-state index contributed by atoms with van der Waals surface area (Å²) < 4.78 is 5.73. The summed E-state index contributed by atoms with van der Waals surface area (Å²) in [5, 5.41) is 0. The molecule has 0 unspecified atom stereocenters. The second-order valence-electron chi connectivity index (χ2n) is 8.13. The summed E-state index contributed by atoms with van der Waals surface area (Å²) in [5.41, 5.74) is 11.5. The van der Waals surface area contributed by atoms with Gasteiger partial charge < -0.3 is 10.5 Å². The maximum Gasteiger partial charge on any atom is 0.145 e. The van der Waals surface area contributed by atoms with Crippen LogP contribution in [0.15, 0.2) is 72.8 Å². The second-order valence-corrected chi connectivity index (χ2v) is 8.13. The second kappa shape index (κ2) is 7.11. The van der Waals surface area contributed by atoms with Crippen molar-refractivity contribution in [3.8, 4) is 5.75 Å². The molecule has 0 spiro atoms. The fourth-order valence-corrected chi connectivity index (χ4v) is 3.74.